The van der Waals surface area contributed by atoms with Crippen molar-refractivity contribution in [3.63, 3.8) is 0 Å². The fourth-order valence-corrected chi connectivity index (χ4v) is 7.44. The zero-order valence-corrected chi connectivity index (χ0v) is 22.2. The quantitative estimate of drug-likeness (QED) is 0.411. The van der Waals surface area contributed by atoms with Crippen molar-refractivity contribution < 1.29 is 38.7 Å². The Hall–Kier alpha value is -2.20. The van der Waals surface area contributed by atoms with Crippen molar-refractivity contribution in [2.24, 2.45) is 23.7 Å². The molecule has 1 aromatic heterocycles. The Balaban J connectivity index is 1.54. The summed E-state index contributed by atoms with van der Waals surface area (Å²) in [7, 11) is 1.50. The minimum Gasteiger partial charge on any atom is -0.457 e. The summed E-state index contributed by atoms with van der Waals surface area (Å²) in [5, 5.41) is 21.7. The van der Waals surface area contributed by atoms with E-state index in [4.69, 9.17) is 18.9 Å². The second kappa shape index (κ2) is 9.84. The highest BCUT2D eigenvalue weighted by Crippen LogP contribution is 2.60. The number of carbonyl (C=O) groups excluding carboxylic acids is 2. The molecule has 3 aliphatic heterocycles. The van der Waals surface area contributed by atoms with Crippen molar-refractivity contribution in [1.82, 2.24) is 4.98 Å². The van der Waals surface area contributed by atoms with Gasteiger partial charge in [0.15, 0.2) is 6.10 Å². The number of H-pyrrole nitrogens is 1. The SMILES string of the molecule is CO[C@@H]1C[C@H]2C[C@@H]3[C@@H]4C[C@]2(O[C@H]3[C@H](OC(=O)c2ccc[nH]2)C[C@H]4O)C(C)=C(C)[C@@H](C)[C@@H]([C@@H](C)O)OC1=O. The number of carbonyl (C=O) groups is 2. The maximum atomic E-state index is 13.1. The monoisotopic (exact) mass is 517 g/mol. The summed E-state index contributed by atoms with van der Waals surface area (Å²) in [6, 6.07) is 3.40. The molecule has 9 heteroatoms. The Morgan fingerprint density at radius 1 is 1.24 bits per heavy atom. The van der Waals surface area contributed by atoms with E-state index in [1.54, 1.807) is 25.3 Å². The summed E-state index contributed by atoms with van der Waals surface area (Å²) < 4.78 is 24.3. The summed E-state index contributed by atoms with van der Waals surface area (Å²) in [6.45, 7) is 7.63. The van der Waals surface area contributed by atoms with Gasteiger partial charge in [0.1, 0.15) is 17.9 Å². The molecule has 0 radical (unpaired) electrons. The van der Waals surface area contributed by atoms with E-state index in [0.717, 1.165) is 17.6 Å². The summed E-state index contributed by atoms with van der Waals surface area (Å²) in [6.07, 6.45) is -0.226. The molecule has 2 saturated heterocycles. The molecular formula is C28H39NO8. The van der Waals surface area contributed by atoms with Crippen LogP contribution in [0.4, 0.5) is 0 Å². The molecule has 9 nitrogen and oxygen atoms in total. The fourth-order valence-electron chi connectivity index (χ4n) is 7.44. The van der Waals surface area contributed by atoms with Gasteiger partial charge >= 0.3 is 11.9 Å². The van der Waals surface area contributed by atoms with Crippen molar-refractivity contribution >= 4 is 11.9 Å². The number of ether oxygens (including phenoxy) is 4. The van der Waals surface area contributed by atoms with Crippen molar-refractivity contribution in [3.05, 3.63) is 35.2 Å². The van der Waals surface area contributed by atoms with Crippen LogP contribution in [0.15, 0.2) is 29.5 Å². The van der Waals surface area contributed by atoms with Gasteiger partial charge in [0.05, 0.1) is 23.9 Å². The minimum absolute atomic E-state index is 0.00283. The van der Waals surface area contributed by atoms with E-state index >= 15 is 0 Å². The van der Waals surface area contributed by atoms with Gasteiger partial charge in [0, 0.05) is 25.6 Å². The molecule has 6 rings (SSSR count). The van der Waals surface area contributed by atoms with Gasteiger partial charge < -0.3 is 34.1 Å². The lowest BCUT2D eigenvalue weighted by molar-refractivity contribution is -0.289. The molecule has 11 atom stereocenters. The van der Waals surface area contributed by atoms with E-state index in [9.17, 15) is 19.8 Å². The number of nitrogens with one attached hydrogen (secondary N) is 1. The first-order chi connectivity index (χ1) is 17.6. The second-order valence-corrected chi connectivity index (χ2v) is 11.5. The van der Waals surface area contributed by atoms with Crippen LogP contribution in [0.5, 0.6) is 0 Å². The molecule has 1 spiro atoms. The molecule has 5 aliphatic rings. The van der Waals surface area contributed by atoms with Gasteiger partial charge in [-0.2, -0.15) is 0 Å². The predicted octanol–water partition coefficient (Wildman–Crippen LogP) is 2.77. The molecule has 3 N–H and O–H groups in total. The topological polar surface area (TPSA) is 127 Å². The molecule has 1 aromatic rings. The van der Waals surface area contributed by atoms with Gasteiger partial charge in [0.2, 0.25) is 0 Å². The molecule has 37 heavy (non-hydrogen) atoms. The van der Waals surface area contributed by atoms with Crippen LogP contribution >= 0.6 is 0 Å². The lowest BCUT2D eigenvalue weighted by Crippen LogP contribution is -2.68. The highest BCUT2D eigenvalue weighted by Gasteiger charge is 2.64. The zero-order chi connectivity index (χ0) is 26.6. The van der Waals surface area contributed by atoms with Gasteiger partial charge in [-0.05, 0) is 75.5 Å². The smallest absolute Gasteiger partial charge is 0.355 e. The lowest BCUT2D eigenvalue weighted by atomic mass is 9.53. The number of aliphatic hydroxyl groups excluding tert-OH is 2. The number of esters is 2. The highest BCUT2D eigenvalue weighted by molar-refractivity contribution is 5.87. The predicted molar refractivity (Wildman–Crippen MR) is 132 cm³/mol. The Labute approximate surface area is 217 Å². The van der Waals surface area contributed by atoms with Gasteiger partial charge in [-0.1, -0.05) is 12.5 Å². The van der Waals surface area contributed by atoms with E-state index in [1.165, 1.54) is 7.11 Å². The molecule has 0 aromatic carbocycles. The van der Waals surface area contributed by atoms with E-state index in [1.807, 2.05) is 13.8 Å². The van der Waals surface area contributed by atoms with Gasteiger partial charge in [-0.15, -0.1) is 0 Å². The largest absolute Gasteiger partial charge is 0.457 e. The number of aromatic amines is 1. The third-order valence-electron chi connectivity index (χ3n) is 9.66. The number of methoxy groups -OCH3 is 1. The van der Waals surface area contributed by atoms with Crippen LogP contribution in [-0.4, -0.2) is 76.5 Å². The Kier molecular flexibility index (Phi) is 7.02. The molecule has 0 unspecified atom stereocenters. The average molecular weight is 518 g/mol. The first kappa shape index (κ1) is 26.4. The van der Waals surface area contributed by atoms with Crippen molar-refractivity contribution in [2.45, 2.75) is 95.6 Å². The zero-order valence-electron chi connectivity index (χ0n) is 22.2. The number of aromatic nitrogens is 1. The second-order valence-electron chi connectivity index (χ2n) is 11.5. The molecular weight excluding hydrogens is 478 g/mol. The lowest BCUT2D eigenvalue weighted by Gasteiger charge is -2.64. The molecule has 2 saturated carbocycles. The maximum Gasteiger partial charge on any atom is 0.355 e. The van der Waals surface area contributed by atoms with Crippen molar-refractivity contribution in [1.29, 1.82) is 0 Å². The number of cyclic esters (lactones) is 1. The Bertz CT molecular complexity index is 1050. The van der Waals surface area contributed by atoms with Gasteiger partial charge in [-0.25, -0.2) is 9.59 Å². The van der Waals surface area contributed by atoms with Crippen molar-refractivity contribution in [2.75, 3.05) is 7.11 Å². The van der Waals surface area contributed by atoms with Gasteiger partial charge in [0.25, 0.3) is 0 Å². The first-order valence-electron chi connectivity index (χ1n) is 13.4. The first-order valence-corrected chi connectivity index (χ1v) is 13.4. The minimum atomic E-state index is -0.868. The number of aliphatic hydroxyl groups is 2. The van der Waals surface area contributed by atoms with Crippen molar-refractivity contribution in [3.8, 4) is 0 Å². The van der Waals surface area contributed by atoms with Crippen LogP contribution < -0.4 is 0 Å². The summed E-state index contributed by atoms with van der Waals surface area (Å²) >= 11 is 0. The van der Waals surface area contributed by atoms with Crippen LogP contribution in [0.3, 0.4) is 0 Å². The molecule has 204 valence electrons. The summed E-state index contributed by atoms with van der Waals surface area (Å²) in [5.74, 6) is -1.27. The third kappa shape index (κ3) is 4.33. The van der Waals surface area contributed by atoms with Crippen LogP contribution in [0.25, 0.3) is 0 Å². The average Bonchev–Trinajstić information content (AvgIpc) is 3.42. The summed E-state index contributed by atoms with van der Waals surface area (Å²) in [5.41, 5.74) is 1.63. The molecule has 0 amide bonds. The molecule has 4 fully saturated rings. The van der Waals surface area contributed by atoms with E-state index in [-0.39, 0.29) is 29.8 Å². The standard InChI is InChI=1S/C28H39NO8/c1-13-14(2)24(16(4)30)36-27(33)23(34-5)10-17-9-18-19-12-28(17,15(13)3)37-25(18)22(11-21(19)31)35-26(32)20-7-6-8-29-20/h6-8,14,16-19,21-25,29-31H,9-12H2,1-5H3/t14-,16-,17-,18-,19+,21-,22-,23-,24+,25-,28+/m1/s1. The number of hydrogen-bond donors (Lipinski definition) is 3. The Morgan fingerprint density at radius 2 is 2.00 bits per heavy atom. The van der Waals surface area contributed by atoms with E-state index < -0.39 is 48.1 Å². The van der Waals surface area contributed by atoms with Gasteiger partial charge in [-0.3, -0.25) is 0 Å². The molecule has 4 heterocycles. The van der Waals surface area contributed by atoms with E-state index in [2.05, 4.69) is 11.9 Å². The molecule has 4 bridgehead atoms. The van der Waals surface area contributed by atoms with Crippen LogP contribution in [0, 0.1) is 23.7 Å². The molecule has 2 aliphatic carbocycles. The van der Waals surface area contributed by atoms with Crippen LogP contribution in [0.1, 0.15) is 63.9 Å². The maximum absolute atomic E-state index is 13.1. The fraction of sp³-hybridized carbons (Fsp3) is 0.714. The van der Waals surface area contributed by atoms with Crippen LogP contribution in [-0.2, 0) is 23.7 Å². The number of rotatable bonds is 4. The van der Waals surface area contributed by atoms with E-state index in [0.29, 0.717) is 25.0 Å². The summed E-state index contributed by atoms with van der Waals surface area (Å²) in [4.78, 5) is 28.8. The van der Waals surface area contributed by atoms with Crippen LogP contribution in [0.2, 0.25) is 0 Å². The third-order valence-corrected chi connectivity index (χ3v) is 9.66. The normalized spacial score (nSPS) is 42.6. The number of hydrogen-bond acceptors (Lipinski definition) is 8. The Morgan fingerprint density at radius 3 is 2.65 bits per heavy atom. The highest BCUT2D eigenvalue weighted by atomic mass is 16.6.